The maximum absolute atomic E-state index is 13.9. The second kappa shape index (κ2) is 9.04. The van der Waals surface area contributed by atoms with Crippen molar-refractivity contribution in [2.75, 3.05) is 39.1 Å². The monoisotopic (exact) mass is 420 g/mol. The zero-order valence-electron chi connectivity index (χ0n) is 18.1. The summed E-state index contributed by atoms with van der Waals surface area (Å²) in [5.41, 5.74) is 12.6. The van der Waals surface area contributed by atoms with Gasteiger partial charge in [0.1, 0.15) is 5.82 Å². The van der Waals surface area contributed by atoms with Crippen LogP contribution in [0, 0.1) is 18.2 Å². The Balaban J connectivity index is 1.75. The summed E-state index contributed by atoms with van der Waals surface area (Å²) >= 11 is 0. The molecule has 31 heavy (non-hydrogen) atoms. The van der Waals surface area contributed by atoms with Crippen molar-refractivity contribution < 1.29 is 9.13 Å². The molecule has 2 heterocycles. The first kappa shape index (κ1) is 21.3. The topological polar surface area (TPSA) is 65.6 Å². The van der Waals surface area contributed by atoms with Gasteiger partial charge in [-0.2, -0.15) is 0 Å². The van der Waals surface area contributed by atoms with Crippen LogP contribution >= 0.6 is 0 Å². The van der Waals surface area contributed by atoms with Crippen LogP contribution in [0.1, 0.15) is 33.9 Å². The highest BCUT2D eigenvalue weighted by Gasteiger charge is 2.25. The normalized spacial score (nSPS) is 19.4. The number of likely N-dealkylation sites (N-methyl/N-ethyl adjacent to an activating group) is 1. The van der Waals surface area contributed by atoms with Crippen LogP contribution in [-0.2, 0) is 11.3 Å². The second-order valence-electron chi connectivity index (χ2n) is 8.21. The molecule has 0 saturated carbocycles. The van der Waals surface area contributed by atoms with Gasteiger partial charge in [0.05, 0.1) is 19.3 Å². The van der Waals surface area contributed by atoms with Gasteiger partial charge in [0, 0.05) is 44.1 Å². The van der Waals surface area contributed by atoms with Gasteiger partial charge in [-0.1, -0.05) is 18.2 Å². The third-order valence-electron chi connectivity index (χ3n) is 6.08. The summed E-state index contributed by atoms with van der Waals surface area (Å²) in [6.07, 6.45) is 7.46. The van der Waals surface area contributed by atoms with Gasteiger partial charge in [-0.3, -0.25) is 4.90 Å². The van der Waals surface area contributed by atoms with E-state index in [1.165, 1.54) is 12.3 Å². The van der Waals surface area contributed by atoms with E-state index >= 15 is 0 Å². The molecule has 1 atom stereocenters. The first-order chi connectivity index (χ1) is 15.0. The number of nitrogens with zero attached hydrogens (tertiary/aromatic N) is 2. The average molecular weight is 421 g/mol. The van der Waals surface area contributed by atoms with E-state index in [4.69, 9.17) is 15.9 Å². The molecular formula is C25H29FN4O. The van der Waals surface area contributed by atoms with E-state index in [2.05, 4.69) is 21.9 Å². The van der Waals surface area contributed by atoms with E-state index in [1.54, 1.807) is 6.92 Å². The Morgan fingerprint density at radius 1 is 1.23 bits per heavy atom. The molecule has 2 aromatic carbocycles. The van der Waals surface area contributed by atoms with Crippen molar-refractivity contribution in [1.82, 2.24) is 9.80 Å². The van der Waals surface area contributed by atoms with Gasteiger partial charge in [-0.25, -0.2) is 4.39 Å². The molecule has 0 aliphatic carbocycles. The molecule has 0 aromatic heterocycles. The van der Waals surface area contributed by atoms with Gasteiger partial charge in [-0.15, -0.1) is 0 Å². The third-order valence-corrected chi connectivity index (χ3v) is 6.08. The summed E-state index contributed by atoms with van der Waals surface area (Å²) in [6.45, 7) is 5.71. The fourth-order valence-electron chi connectivity index (χ4n) is 4.34. The molecule has 1 saturated heterocycles. The number of nitrogens with two attached hydrogens (primary N) is 1. The molecule has 6 heteroatoms. The zero-order chi connectivity index (χ0) is 22.0. The van der Waals surface area contributed by atoms with Crippen LogP contribution < -0.4 is 5.73 Å². The number of morpholine rings is 1. The van der Waals surface area contributed by atoms with E-state index in [0.717, 1.165) is 55.1 Å². The van der Waals surface area contributed by atoms with E-state index in [1.807, 2.05) is 37.5 Å². The predicted molar refractivity (Wildman–Crippen MR) is 124 cm³/mol. The lowest BCUT2D eigenvalue weighted by Gasteiger charge is -2.33. The number of hydrogen-bond acceptors (Lipinski definition) is 5. The number of rotatable bonds is 5. The Hall–Kier alpha value is -2.96. The Morgan fingerprint density at radius 2 is 2.00 bits per heavy atom. The van der Waals surface area contributed by atoms with Crippen molar-refractivity contribution in [1.29, 1.82) is 5.41 Å². The number of anilines is 1. The Morgan fingerprint density at radius 3 is 2.71 bits per heavy atom. The molecule has 3 N–H and O–H groups in total. The van der Waals surface area contributed by atoms with Crippen molar-refractivity contribution >= 4 is 17.5 Å². The van der Waals surface area contributed by atoms with Gasteiger partial charge >= 0.3 is 0 Å². The third kappa shape index (κ3) is 4.40. The molecule has 0 spiro atoms. The fourth-order valence-corrected chi connectivity index (χ4v) is 4.34. The van der Waals surface area contributed by atoms with Gasteiger partial charge in [-0.05, 0) is 65.2 Å². The summed E-state index contributed by atoms with van der Waals surface area (Å²) < 4.78 is 19.4. The summed E-state index contributed by atoms with van der Waals surface area (Å²) in [4.78, 5) is 4.46. The zero-order valence-corrected chi connectivity index (χ0v) is 18.1. The van der Waals surface area contributed by atoms with Crippen molar-refractivity contribution in [2.45, 2.75) is 19.5 Å². The number of halogens is 1. The summed E-state index contributed by atoms with van der Waals surface area (Å²) in [5.74, 6) is -0.199. The van der Waals surface area contributed by atoms with Crippen LogP contribution in [0.2, 0.25) is 0 Å². The predicted octanol–water partition coefficient (Wildman–Crippen LogP) is 4.13. The number of hydrogen-bond donors (Lipinski definition) is 2. The number of allylic oxidation sites excluding steroid dienone is 2. The molecule has 5 nitrogen and oxygen atoms in total. The lowest BCUT2D eigenvalue weighted by Crippen LogP contribution is -2.36. The van der Waals surface area contributed by atoms with Crippen molar-refractivity contribution in [3.8, 4) is 0 Å². The van der Waals surface area contributed by atoms with Crippen LogP contribution in [0.25, 0.3) is 5.57 Å². The maximum atomic E-state index is 13.9. The van der Waals surface area contributed by atoms with Crippen molar-refractivity contribution in [3.63, 3.8) is 0 Å². The molecule has 2 aromatic rings. The molecular weight excluding hydrogens is 391 g/mol. The molecule has 2 aliphatic rings. The first-order valence-corrected chi connectivity index (χ1v) is 10.6. The van der Waals surface area contributed by atoms with Crippen LogP contribution in [-0.4, -0.2) is 49.4 Å². The highest BCUT2D eigenvalue weighted by Crippen LogP contribution is 2.39. The molecule has 4 rings (SSSR count). The second-order valence-corrected chi connectivity index (χ2v) is 8.21. The average Bonchev–Trinajstić information content (AvgIpc) is 2.78. The fraction of sp³-hybridized carbons (Fsp3) is 0.320. The van der Waals surface area contributed by atoms with Crippen LogP contribution in [0.15, 0.2) is 48.7 Å². The van der Waals surface area contributed by atoms with Gasteiger partial charge in [0.25, 0.3) is 0 Å². The molecule has 1 fully saturated rings. The summed E-state index contributed by atoms with van der Waals surface area (Å²) in [5, 5.41) is 7.89. The van der Waals surface area contributed by atoms with Crippen LogP contribution in [0.3, 0.4) is 0 Å². The lowest BCUT2D eigenvalue weighted by molar-refractivity contribution is 0.0343. The van der Waals surface area contributed by atoms with E-state index in [-0.39, 0.29) is 11.9 Å². The molecule has 2 aliphatic heterocycles. The minimum absolute atomic E-state index is 0.0530. The van der Waals surface area contributed by atoms with Gasteiger partial charge in [0.15, 0.2) is 0 Å². The summed E-state index contributed by atoms with van der Waals surface area (Å²) in [6, 6.07) is 9.35. The number of nitrogen functional groups attached to an aromatic ring is 1. The molecule has 162 valence electrons. The van der Waals surface area contributed by atoms with Gasteiger partial charge in [0.2, 0.25) is 0 Å². The Labute approximate surface area is 183 Å². The SMILES string of the molecule is Cc1cc(C2C(c3cc(C=N)c(N)c(CN4CCOCC4)c3)=CC=CN2C)ccc1F. The Kier molecular flexibility index (Phi) is 6.20. The van der Waals surface area contributed by atoms with E-state index in [9.17, 15) is 4.39 Å². The molecule has 1 unspecified atom stereocenters. The lowest BCUT2D eigenvalue weighted by atomic mass is 9.87. The largest absolute Gasteiger partial charge is 0.398 e. The van der Waals surface area contributed by atoms with Crippen molar-refractivity contribution in [3.05, 3.63) is 82.3 Å². The molecule has 0 radical (unpaired) electrons. The quantitative estimate of drug-likeness (QED) is 0.564. The molecule has 0 amide bonds. The van der Waals surface area contributed by atoms with Crippen LogP contribution in [0.5, 0.6) is 0 Å². The first-order valence-electron chi connectivity index (χ1n) is 10.6. The Bertz CT molecular complexity index is 1040. The number of nitrogens with one attached hydrogen (secondary N) is 1. The number of ether oxygens (including phenoxy) is 1. The highest BCUT2D eigenvalue weighted by atomic mass is 19.1. The van der Waals surface area contributed by atoms with E-state index in [0.29, 0.717) is 16.8 Å². The highest BCUT2D eigenvalue weighted by molar-refractivity contribution is 5.89. The van der Waals surface area contributed by atoms with Crippen LogP contribution in [0.4, 0.5) is 10.1 Å². The van der Waals surface area contributed by atoms with Gasteiger partial charge < -0.3 is 20.8 Å². The summed E-state index contributed by atoms with van der Waals surface area (Å²) in [7, 11) is 2.02. The number of benzene rings is 2. The smallest absolute Gasteiger partial charge is 0.126 e. The molecule has 0 bridgehead atoms. The van der Waals surface area contributed by atoms with Crippen molar-refractivity contribution in [2.24, 2.45) is 0 Å². The minimum atomic E-state index is -0.199. The standard InChI is InChI=1S/C25H29FN4O/c1-17-12-18(5-6-23(17)26)25-22(4-3-7-29(25)2)19-13-20(15-27)24(28)21(14-19)16-30-8-10-31-11-9-30/h3-7,12-15,25,27H,8-11,16,28H2,1-2H3. The minimum Gasteiger partial charge on any atom is -0.398 e. The number of aryl methyl sites for hydroxylation is 1. The maximum Gasteiger partial charge on any atom is 0.126 e. The van der Waals surface area contributed by atoms with E-state index < -0.39 is 0 Å².